The van der Waals surface area contributed by atoms with E-state index in [1.165, 1.54) is 18.2 Å². The van der Waals surface area contributed by atoms with Gasteiger partial charge in [-0.05, 0) is 18.2 Å². The molecule has 6 nitrogen and oxygen atoms in total. The van der Waals surface area contributed by atoms with Crippen LogP contribution in [-0.2, 0) is 11.0 Å². The number of halogens is 5. The summed E-state index contributed by atoms with van der Waals surface area (Å²) in [5.74, 6) is -1.77. The molecule has 12 heteroatoms. The molecule has 1 atom stereocenters. The van der Waals surface area contributed by atoms with Crippen LogP contribution in [-0.4, -0.2) is 29.4 Å². The van der Waals surface area contributed by atoms with E-state index in [-0.39, 0.29) is 29.5 Å². The molecule has 0 saturated heterocycles. The number of aromatic nitrogens is 1. The van der Waals surface area contributed by atoms with Crippen molar-refractivity contribution in [1.82, 2.24) is 15.6 Å². The van der Waals surface area contributed by atoms with E-state index in [4.69, 9.17) is 16.3 Å². The van der Waals surface area contributed by atoms with Gasteiger partial charge in [0.15, 0.2) is 11.6 Å². The maximum Gasteiger partial charge on any atom is 0.443 e. The first-order chi connectivity index (χ1) is 13.6. The van der Waals surface area contributed by atoms with E-state index in [1.54, 1.807) is 0 Å². The molecule has 1 aliphatic carbocycles. The van der Waals surface area contributed by atoms with Gasteiger partial charge in [-0.1, -0.05) is 11.6 Å². The second-order valence-electron chi connectivity index (χ2n) is 5.92. The number of amides is 2. The van der Waals surface area contributed by atoms with Gasteiger partial charge >= 0.3 is 6.18 Å². The molecule has 2 aromatic rings. The Morgan fingerprint density at radius 2 is 2.07 bits per heavy atom. The van der Waals surface area contributed by atoms with E-state index < -0.39 is 34.9 Å². The summed E-state index contributed by atoms with van der Waals surface area (Å²) >= 11 is 5.89. The van der Waals surface area contributed by atoms with Crippen molar-refractivity contribution < 1.29 is 31.9 Å². The predicted octanol–water partition coefficient (Wildman–Crippen LogP) is 3.54. The average Bonchev–Trinajstić information content (AvgIpc) is 3.11. The summed E-state index contributed by atoms with van der Waals surface area (Å²) in [6, 6.07) is 3.31. The number of rotatable bonds is 6. The van der Waals surface area contributed by atoms with Crippen molar-refractivity contribution in [3.05, 3.63) is 56.9 Å². The molecule has 2 N–H and O–H groups in total. The number of ether oxygens (including phenoxy) is 1. The van der Waals surface area contributed by atoms with E-state index in [2.05, 4.69) is 15.6 Å². The normalized spacial score (nSPS) is 15.9. The van der Waals surface area contributed by atoms with Gasteiger partial charge in [0.1, 0.15) is 17.3 Å². The number of nitrogens with one attached hydrogen (secondary N) is 2. The minimum absolute atomic E-state index is 0.0678. The summed E-state index contributed by atoms with van der Waals surface area (Å²) in [4.78, 5) is 27.0. The fraction of sp³-hybridized carbons (Fsp3) is 0.235. The molecule has 29 heavy (non-hydrogen) atoms. The minimum Gasteiger partial charge on any atom is -0.484 e. The Bertz CT molecular complexity index is 977. The molecular formula is C17H12ClF4N3O3S. The Hall–Kier alpha value is -2.66. The standard InChI is InChI=1S/C17H12ClF4N3O3S/c18-11-2-1-10(5-12(11)19)28-6-14(26)23-8-3-9(4-8)24-15(27)13-7-29-16(25-13)17(20,21)22/h1-3,5,7,9H,4,6H2,(H,23,26)(H,24,27). The third kappa shape index (κ3) is 5.45. The second-order valence-corrected chi connectivity index (χ2v) is 7.19. The fourth-order valence-corrected chi connectivity index (χ4v) is 3.10. The van der Waals surface area contributed by atoms with Crippen molar-refractivity contribution in [1.29, 1.82) is 0 Å². The van der Waals surface area contributed by atoms with Gasteiger partial charge in [-0.2, -0.15) is 13.2 Å². The first-order valence-electron chi connectivity index (χ1n) is 8.04. The third-order valence-electron chi connectivity index (χ3n) is 3.70. The van der Waals surface area contributed by atoms with Gasteiger partial charge < -0.3 is 15.4 Å². The first-order valence-corrected chi connectivity index (χ1v) is 9.29. The zero-order chi connectivity index (χ0) is 21.2. The first kappa shape index (κ1) is 21.1. The lowest BCUT2D eigenvalue weighted by Gasteiger charge is -2.26. The maximum atomic E-state index is 13.3. The number of alkyl halides is 3. The average molecular weight is 450 g/mol. The Labute approximate surface area is 170 Å². The molecule has 0 radical (unpaired) electrons. The highest BCUT2D eigenvalue weighted by molar-refractivity contribution is 7.09. The maximum absolute atomic E-state index is 13.3. The van der Waals surface area contributed by atoms with Crippen LogP contribution < -0.4 is 15.4 Å². The van der Waals surface area contributed by atoms with Crippen LogP contribution in [0.4, 0.5) is 17.6 Å². The fourth-order valence-electron chi connectivity index (χ4n) is 2.31. The molecule has 1 unspecified atom stereocenters. The molecule has 1 heterocycles. The number of hydrogen-bond donors (Lipinski definition) is 2. The molecule has 154 valence electrons. The Morgan fingerprint density at radius 1 is 1.34 bits per heavy atom. The zero-order valence-corrected chi connectivity index (χ0v) is 15.9. The van der Waals surface area contributed by atoms with Gasteiger partial charge in [0, 0.05) is 23.6 Å². The molecule has 1 aliphatic rings. The molecule has 1 aromatic heterocycles. The minimum atomic E-state index is -4.60. The molecule has 0 spiro atoms. The second kappa shape index (κ2) is 8.37. The summed E-state index contributed by atoms with van der Waals surface area (Å²) in [5.41, 5.74) is 0.192. The highest BCUT2D eigenvalue weighted by Crippen LogP contribution is 2.31. The number of carbonyl (C=O) groups is 2. The van der Waals surface area contributed by atoms with Crippen molar-refractivity contribution >= 4 is 34.8 Å². The number of carbonyl (C=O) groups excluding carboxylic acids is 2. The Morgan fingerprint density at radius 3 is 2.69 bits per heavy atom. The lowest BCUT2D eigenvalue weighted by molar-refractivity contribution is -0.137. The van der Waals surface area contributed by atoms with Gasteiger partial charge in [0.2, 0.25) is 0 Å². The molecule has 0 aliphatic heterocycles. The van der Waals surface area contributed by atoms with Gasteiger partial charge in [-0.25, -0.2) is 9.37 Å². The quantitative estimate of drug-likeness (QED) is 0.661. The highest BCUT2D eigenvalue weighted by atomic mass is 35.5. The summed E-state index contributed by atoms with van der Waals surface area (Å²) in [7, 11) is 0. The largest absolute Gasteiger partial charge is 0.484 e. The molecular weight excluding hydrogens is 438 g/mol. The topological polar surface area (TPSA) is 80.3 Å². The smallest absolute Gasteiger partial charge is 0.443 e. The van der Waals surface area contributed by atoms with Crippen LogP contribution in [0.1, 0.15) is 21.9 Å². The monoisotopic (exact) mass is 449 g/mol. The molecule has 0 bridgehead atoms. The lowest BCUT2D eigenvalue weighted by atomic mass is 9.99. The van der Waals surface area contributed by atoms with Crippen molar-refractivity contribution in [3.63, 3.8) is 0 Å². The number of nitrogens with zero attached hydrogens (tertiary/aromatic N) is 1. The summed E-state index contributed by atoms with van der Waals surface area (Å²) in [6.07, 6.45) is -2.78. The van der Waals surface area contributed by atoms with Gasteiger partial charge in [0.05, 0.1) is 11.1 Å². The molecule has 0 saturated carbocycles. The van der Waals surface area contributed by atoms with Crippen molar-refractivity contribution in [3.8, 4) is 5.75 Å². The van der Waals surface area contributed by atoms with Gasteiger partial charge in [-0.3, -0.25) is 9.59 Å². The highest BCUT2D eigenvalue weighted by Gasteiger charge is 2.35. The van der Waals surface area contributed by atoms with E-state index in [9.17, 15) is 27.2 Å². The van der Waals surface area contributed by atoms with E-state index in [0.29, 0.717) is 17.0 Å². The van der Waals surface area contributed by atoms with Crippen molar-refractivity contribution in [2.24, 2.45) is 0 Å². The van der Waals surface area contributed by atoms with E-state index >= 15 is 0 Å². The van der Waals surface area contributed by atoms with Crippen LogP contribution in [0.5, 0.6) is 5.75 Å². The molecule has 3 rings (SSSR count). The van der Waals surface area contributed by atoms with E-state index in [0.717, 1.165) is 11.4 Å². The SMILES string of the molecule is O=C(COc1ccc(Cl)c(F)c1)NC1=CC(NC(=O)c2csc(C(F)(F)F)n2)C1. The molecule has 0 fully saturated rings. The van der Waals surface area contributed by atoms with Crippen LogP contribution >= 0.6 is 22.9 Å². The third-order valence-corrected chi connectivity index (χ3v) is 4.89. The Kier molecular flexibility index (Phi) is 6.08. The number of hydrogen-bond acceptors (Lipinski definition) is 5. The van der Waals surface area contributed by atoms with Crippen LogP contribution in [0.2, 0.25) is 5.02 Å². The van der Waals surface area contributed by atoms with E-state index in [1.807, 2.05) is 0 Å². The summed E-state index contributed by atoms with van der Waals surface area (Å²) in [6.45, 7) is -0.367. The summed E-state index contributed by atoms with van der Waals surface area (Å²) < 4.78 is 56.0. The zero-order valence-electron chi connectivity index (χ0n) is 14.3. The van der Waals surface area contributed by atoms with Gasteiger partial charge in [-0.15, -0.1) is 11.3 Å². The van der Waals surface area contributed by atoms with Crippen LogP contribution in [0.3, 0.4) is 0 Å². The van der Waals surface area contributed by atoms with Crippen LogP contribution in [0.25, 0.3) is 0 Å². The molecule has 2 amide bonds. The number of thiazole rings is 1. The molecule has 1 aromatic carbocycles. The van der Waals surface area contributed by atoms with Crippen LogP contribution in [0.15, 0.2) is 35.4 Å². The summed E-state index contributed by atoms with van der Waals surface area (Å²) in [5, 5.41) is 4.90. The van der Waals surface area contributed by atoms with Crippen LogP contribution in [0, 0.1) is 5.82 Å². The van der Waals surface area contributed by atoms with Crippen molar-refractivity contribution in [2.75, 3.05) is 6.61 Å². The van der Waals surface area contributed by atoms with Crippen molar-refractivity contribution in [2.45, 2.75) is 18.6 Å². The predicted molar refractivity (Wildman–Crippen MR) is 96.1 cm³/mol. The Balaban J connectivity index is 1.44. The lowest BCUT2D eigenvalue weighted by Crippen LogP contribution is -2.43. The number of benzene rings is 1. The van der Waals surface area contributed by atoms with Gasteiger partial charge in [0.25, 0.3) is 11.8 Å².